The van der Waals surface area contributed by atoms with E-state index in [0.717, 1.165) is 16.1 Å². The first kappa shape index (κ1) is 21.4. The smallest absolute Gasteiger partial charge is 0.337 e. The Morgan fingerprint density at radius 1 is 1.09 bits per heavy atom. The van der Waals surface area contributed by atoms with E-state index in [0.29, 0.717) is 50.2 Å². The zero-order chi connectivity index (χ0) is 23.1. The number of nitrogens with zero attached hydrogens (tertiary/aromatic N) is 10. The second-order valence-corrected chi connectivity index (χ2v) is 9.16. The van der Waals surface area contributed by atoms with Crippen LogP contribution in [0.15, 0.2) is 17.5 Å². The fourth-order valence-corrected chi connectivity index (χ4v) is 4.86. The summed E-state index contributed by atoms with van der Waals surface area (Å²) in [4.78, 5) is 35.0. The number of rotatable bonds is 3. The molecule has 172 valence electrons. The summed E-state index contributed by atoms with van der Waals surface area (Å²) in [6, 6.07) is -0.243. The van der Waals surface area contributed by atoms with Gasteiger partial charge in [-0.15, -0.1) is 16.4 Å². The van der Waals surface area contributed by atoms with Crippen LogP contribution in [0.5, 0.6) is 0 Å². The monoisotopic (exact) mass is 470 g/mol. The number of aromatic nitrogens is 6. The Balaban J connectivity index is 1.27. The van der Waals surface area contributed by atoms with E-state index in [1.165, 1.54) is 4.68 Å². The minimum absolute atomic E-state index is 0.0608. The number of halogens is 1. The lowest BCUT2D eigenvalue weighted by Gasteiger charge is -2.36. The highest BCUT2D eigenvalue weighted by Crippen LogP contribution is 2.32. The van der Waals surface area contributed by atoms with Crippen LogP contribution in [0, 0.1) is 26.6 Å². The third-order valence-corrected chi connectivity index (χ3v) is 6.63. The number of amides is 2. The van der Waals surface area contributed by atoms with Gasteiger partial charge in [-0.2, -0.15) is 14.8 Å². The maximum Gasteiger partial charge on any atom is 0.341 e. The van der Waals surface area contributed by atoms with Crippen LogP contribution in [-0.4, -0.2) is 78.0 Å². The average Bonchev–Trinajstić information content (AvgIpc) is 3.53. The molecule has 33 heavy (non-hydrogen) atoms. The molecule has 3 aromatic heterocycles. The van der Waals surface area contributed by atoms with Crippen molar-refractivity contribution < 1.29 is 9.18 Å². The van der Waals surface area contributed by atoms with Crippen molar-refractivity contribution >= 4 is 29.5 Å². The highest BCUT2D eigenvalue weighted by atomic mass is 32.1. The van der Waals surface area contributed by atoms with Gasteiger partial charge in [0.15, 0.2) is 11.6 Å². The molecule has 1 atom stereocenters. The fourth-order valence-electron chi connectivity index (χ4n) is 3.98. The van der Waals surface area contributed by atoms with E-state index in [1.807, 2.05) is 18.0 Å². The van der Waals surface area contributed by atoms with Crippen LogP contribution in [-0.2, 0) is 0 Å². The predicted octanol–water partition coefficient (Wildman–Crippen LogP) is 2.25. The molecule has 3 aromatic rings. The van der Waals surface area contributed by atoms with E-state index >= 15 is 0 Å². The largest absolute Gasteiger partial charge is 0.341 e. The van der Waals surface area contributed by atoms with Gasteiger partial charge in [0.25, 0.3) is 0 Å². The van der Waals surface area contributed by atoms with Crippen molar-refractivity contribution in [2.75, 3.05) is 31.1 Å². The molecule has 1 saturated heterocycles. The number of thiazole rings is 1. The summed E-state index contributed by atoms with van der Waals surface area (Å²) in [6.07, 6.45) is 5.42. The fraction of sp³-hybridized carbons (Fsp3) is 0.450. The summed E-state index contributed by atoms with van der Waals surface area (Å²) in [6.45, 7) is 7.44. The molecule has 2 aliphatic rings. The van der Waals surface area contributed by atoms with E-state index < -0.39 is 5.82 Å². The Hall–Kier alpha value is -3.48. The van der Waals surface area contributed by atoms with Gasteiger partial charge in [-0.25, -0.2) is 29.1 Å². The number of hydrogen-bond donors (Lipinski definition) is 0. The number of anilines is 1. The number of urea groups is 1. The number of piperazine rings is 1. The van der Waals surface area contributed by atoms with E-state index in [4.69, 9.17) is 0 Å². The lowest BCUT2D eigenvalue weighted by atomic mass is 10.2. The van der Waals surface area contributed by atoms with Crippen LogP contribution in [0.25, 0.3) is 5.82 Å². The first-order chi connectivity index (χ1) is 15.9. The Labute approximate surface area is 193 Å². The molecule has 13 heteroatoms. The van der Waals surface area contributed by atoms with Gasteiger partial charge in [-0.1, -0.05) is 0 Å². The van der Waals surface area contributed by atoms with Crippen LogP contribution in [0.4, 0.5) is 15.1 Å². The summed E-state index contributed by atoms with van der Waals surface area (Å²) >= 11 is 1.58. The lowest BCUT2D eigenvalue weighted by molar-refractivity contribution is 0.140. The SMILES string of the molecule is Cc1nc(C)n(-c2nc(N3CCN(C(=O)N4N=CC[C@@H]4c4cnc(C)s4)CC3)ncc2F)n1. The van der Waals surface area contributed by atoms with Gasteiger partial charge in [0.2, 0.25) is 5.95 Å². The Morgan fingerprint density at radius 3 is 2.55 bits per heavy atom. The van der Waals surface area contributed by atoms with Crippen LogP contribution >= 0.6 is 11.3 Å². The first-order valence-electron chi connectivity index (χ1n) is 10.6. The maximum absolute atomic E-state index is 14.4. The van der Waals surface area contributed by atoms with Gasteiger partial charge < -0.3 is 9.80 Å². The number of carbonyl (C=O) groups is 1. The van der Waals surface area contributed by atoms with Crippen molar-refractivity contribution in [1.82, 2.24) is 39.6 Å². The van der Waals surface area contributed by atoms with E-state index in [1.54, 1.807) is 41.3 Å². The van der Waals surface area contributed by atoms with Gasteiger partial charge in [0.05, 0.1) is 17.2 Å². The molecule has 11 nitrogen and oxygen atoms in total. The molecule has 1 fully saturated rings. The quantitative estimate of drug-likeness (QED) is 0.578. The Morgan fingerprint density at radius 2 is 1.88 bits per heavy atom. The normalized spacial score (nSPS) is 18.4. The topological polar surface area (TPSA) is 109 Å². The third kappa shape index (κ3) is 4.03. The van der Waals surface area contributed by atoms with Crippen molar-refractivity contribution in [1.29, 1.82) is 0 Å². The molecule has 0 bridgehead atoms. The minimum Gasteiger partial charge on any atom is -0.337 e. The molecule has 5 heterocycles. The highest BCUT2D eigenvalue weighted by Gasteiger charge is 2.34. The molecule has 2 amide bonds. The predicted molar refractivity (Wildman–Crippen MR) is 120 cm³/mol. The van der Waals surface area contributed by atoms with Crippen molar-refractivity contribution in [3.05, 3.63) is 39.7 Å². The zero-order valence-corrected chi connectivity index (χ0v) is 19.3. The third-order valence-electron chi connectivity index (χ3n) is 5.61. The van der Waals surface area contributed by atoms with Crippen LogP contribution in [0.3, 0.4) is 0 Å². The number of carbonyl (C=O) groups excluding carboxylic acids is 1. The van der Waals surface area contributed by atoms with Gasteiger partial charge in [-0.05, 0) is 20.8 Å². The van der Waals surface area contributed by atoms with Crippen molar-refractivity contribution in [3.8, 4) is 5.82 Å². The van der Waals surface area contributed by atoms with Crippen molar-refractivity contribution in [3.63, 3.8) is 0 Å². The summed E-state index contributed by atoms with van der Waals surface area (Å²) in [5, 5.41) is 11.1. The van der Waals surface area contributed by atoms with Gasteiger partial charge in [0, 0.05) is 49.9 Å². The van der Waals surface area contributed by atoms with Gasteiger partial charge >= 0.3 is 6.03 Å². The second kappa shape index (κ2) is 8.46. The summed E-state index contributed by atoms with van der Waals surface area (Å²) in [7, 11) is 0. The summed E-state index contributed by atoms with van der Waals surface area (Å²) in [5.74, 6) is 0.963. The molecule has 0 saturated carbocycles. The van der Waals surface area contributed by atoms with E-state index in [9.17, 15) is 9.18 Å². The molecule has 0 radical (unpaired) electrons. The summed E-state index contributed by atoms with van der Waals surface area (Å²) in [5.41, 5.74) is 0. The molecule has 0 unspecified atom stereocenters. The van der Waals surface area contributed by atoms with E-state index in [2.05, 4.69) is 30.1 Å². The van der Waals surface area contributed by atoms with E-state index in [-0.39, 0.29) is 17.9 Å². The number of hydrogen-bond acceptors (Lipinski definition) is 9. The molecular weight excluding hydrogens is 447 g/mol. The maximum atomic E-state index is 14.4. The van der Waals surface area contributed by atoms with Crippen LogP contribution < -0.4 is 4.90 Å². The minimum atomic E-state index is -0.572. The Bertz CT molecular complexity index is 1220. The van der Waals surface area contributed by atoms with Gasteiger partial charge in [-0.3, -0.25) is 0 Å². The molecule has 0 aromatic carbocycles. The van der Waals surface area contributed by atoms with Crippen molar-refractivity contribution in [2.24, 2.45) is 5.10 Å². The Kier molecular flexibility index (Phi) is 5.48. The lowest BCUT2D eigenvalue weighted by Crippen LogP contribution is -2.52. The standard InChI is InChI=1S/C20H23FN10OS/c1-12-25-13(2)30(27-12)18-15(21)10-23-19(26-18)28-6-8-29(9-7-28)20(32)31-16(4-5-24-31)17-11-22-14(3)33-17/h5,10-11,16H,4,6-9H2,1-3H3/t16-/m1/s1. The molecule has 0 aliphatic carbocycles. The molecular formula is C20H23FN10OS. The number of hydrazone groups is 1. The molecule has 0 spiro atoms. The summed E-state index contributed by atoms with van der Waals surface area (Å²) < 4.78 is 15.8. The average molecular weight is 471 g/mol. The first-order valence-corrected chi connectivity index (χ1v) is 11.4. The molecule has 0 N–H and O–H groups in total. The zero-order valence-electron chi connectivity index (χ0n) is 18.5. The van der Waals surface area contributed by atoms with Gasteiger partial charge in [0.1, 0.15) is 11.6 Å². The number of aryl methyl sites for hydroxylation is 3. The van der Waals surface area contributed by atoms with Crippen LogP contribution in [0.2, 0.25) is 0 Å². The molecule has 2 aliphatic heterocycles. The second-order valence-electron chi connectivity index (χ2n) is 7.89. The van der Waals surface area contributed by atoms with Crippen molar-refractivity contribution in [2.45, 2.75) is 33.2 Å². The highest BCUT2D eigenvalue weighted by molar-refractivity contribution is 7.11. The molecule has 5 rings (SSSR count). The van der Waals surface area contributed by atoms with Crippen LogP contribution in [0.1, 0.15) is 34.0 Å².